The molecule has 0 atom stereocenters. The van der Waals surface area contributed by atoms with Crippen LogP contribution in [-0.4, -0.2) is 28.0 Å². The first-order chi connectivity index (χ1) is 14.6. The van der Waals surface area contributed by atoms with Crippen molar-refractivity contribution in [1.29, 1.82) is 5.41 Å². The Morgan fingerprint density at radius 2 is 1.65 bits per heavy atom. The Labute approximate surface area is 175 Å². The summed E-state index contributed by atoms with van der Waals surface area (Å²) in [5, 5.41) is 7.39. The maximum Gasteiger partial charge on any atom is 0.433 e. The Bertz CT molecular complexity index is 1160. The molecule has 1 aromatic heterocycles. The van der Waals surface area contributed by atoms with Crippen LogP contribution in [0.25, 0.3) is 11.4 Å². The monoisotopic (exact) mass is 432 g/mol. The largest absolute Gasteiger partial charge is 0.469 e. The number of halogens is 3. The number of nitrogens with one attached hydrogen (secondary N) is 1. The van der Waals surface area contributed by atoms with Crippen LogP contribution in [0.3, 0.4) is 0 Å². The van der Waals surface area contributed by atoms with Crippen LogP contribution in [0.5, 0.6) is 0 Å². The van der Waals surface area contributed by atoms with Crippen molar-refractivity contribution in [2.24, 2.45) is 5.73 Å². The standard InChI is InChI=1S/C21H19F3N4O3/c1-31-18(29)11-4-13-2-7-15(8-3-13)27-12-17(21(22,23)24)28(20(27)30)16-9-5-14(6-10-16)19(25)26/h2-3,5-10,12H,4,11H2,1H3,(H3,25,26). The summed E-state index contributed by atoms with van der Waals surface area (Å²) in [6.07, 6.45) is -3.46. The smallest absolute Gasteiger partial charge is 0.433 e. The third-order valence-electron chi connectivity index (χ3n) is 4.68. The van der Waals surface area contributed by atoms with Gasteiger partial charge in [0, 0.05) is 18.2 Å². The van der Waals surface area contributed by atoms with Crippen LogP contribution in [0, 0.1) is 5.41 Å². The number of aryl methyl sites for hydroxylation is 1. The van der Waals surface area contributed by atoms with E-state index in [1.165, 1.54) is 43.5 Å². The lowest BCUT2D eigenvalue weighted by Gasteiger charge is -2.10. The van der Waals surface area contributed by atoms with E-state index >= 15 is 0 Å². The number of nitrogens with two attached hydrogens (primary N) is 1. The van der Waals surface area contributed by atoms with E-state index in [2.05, 4.69) is 4.74 Å². The highest BCUT2D eigenvalue weighted by Gasteiger charge is 2.37. The van der Waals surface area contributed by atoms with Gasteiger partial charge in [0.15, 0.2) is 0 Å². The molecule has 0 saturated heterocycles. The number of nitrogens with zero attached hydrogens (tertiary/aromatic N) is 2. The van der Waals surface area contributed by atoms with Crippen molar-refractivity contribution in [3.63, 3.8) is 0 Å². The molecule has 31 heavy (non-hydrogen) atoms. The van der Waals surface area contributed by atoms with Crippen LogP contribution in [-0.2, 0) is 22.1 Å². The fraction of sp³-hybridized carbons (Fsp3) is 0.190. The fourth-order valence-electron chi connectivity index (χ4n) is 3.04. The normalized spacial score (nSPS) is 11.4. The van der Waals surface area contributed by atoms with Crippen molar-refractivity contribution in [3.05, 3.63) is 82.0 Å². The molecule has 7 nitrogen and oxygen atoms in total. The second-order valence-electron chi connectivity index (χ2n) is 6.70. The highest BCUT2D eigenvalue weighted by Crippen LogP contribution is 2.31. The minimum atomic E-state index is -4.77. The number of hydrogen-bond acceptors (Lipinski definition) is 4. The predicted molar refractivity (Wildman–Crippen MR) is 108 cm³/mol. The molecule has 0 radical (unpaired) electrons. The summed E-state index contributed by atoms with van der Waals surface area (Å²) in [4.78, 5) is 24.1. The maximum absolute atomic E-state index is 13.7. The number of amidine groups is 1. The van der Waals surface area contributed by atoms with Gasteiger partial charge in [0.2, 0.25) is 0 Å². The minimum absolute atomic E-state index is 0.00391. The van der Waals surface area contributed by atoms with Gasteiger partial charge in [0.1, 0.15) is 11.5 Å². The Morgan fingerprint density at radius 1 is 1.06 bits per heavy atom. The molecule has 0 aliphatic rings. The number of esters is 1. The average molecular weight is 432 g/mol. The SMILES string of the molecule is COC(=O)CCc1ccc(-n2cc(C(F)(F)F)n(-c3ccc(C(=N)N)cc3)c2=O)cc1. The van der Waals surface area contributed by atoms with Crippen LogP contribution in [0.1, 0.15) is 23.2 Å². The second-order valence-corrected chi connectivity index (χ2v) is 6.70. The molecule has 0 aliphatic carbocycles. The molecule has 0 unspecified atom stereocenters. The summed E-state index contributed by atoms with van der Waals surface area (Å²) < 4.78 is 47.0. The first-order valence-electron chi connectivity index (χ1n) is 9.14. The summed E-state index contributed by atoms with van der Waals surface area (Å²) in [5.74, 6) is -0.609. The lowest BCUT2D eigenvalue weighted by atomic mass is 10.1. The van der Waals surface area contributed by atoms with E-state index in [4.69, 9.17) is 11.1 Å². The molecule has 0 amide bonds. The molecule has 2 aromatic carbocycles. The number of rotatable bonds is 6. The van der Waals surface area contributed by atoms with Gasteiger partial charge in [-0.3, -0.25) is 19.3 Å². The lowest BCUT2D eigenvalue weighted by Crippen LogP contribution is -2.25. The number of imidazole rings is 1. The third kappa shape index (κ3) is 4.68. The zero-order valence-electron chi connectivity index (χ0n) is 16.4. The van der Waals surface area contributed by atoms with Gasteiger partial charge in [-0.25, -0.2) is 4.79 Å². The molecule has 0 fully saturated rings. The number of alkyl halides is 3. The van der Waals surface area contributed by atoms with Crippen LogP contribution in [0.15, 0.2) is 59.5 Å². The van der Waals surface area contributed by atoms with Crippen molar-refractivity contribution in [3.8, 4) is 11.4 Å². The van der Waals surface area contributed by atoms with Gasteiger partial charge in [-0.15, -0.1) is 0 Å². The van der Waals surface area contributed by atoms with Crippen molar-refractivity contribution in [2.45, 2.75) is 19.0 Å². The summed E-state index contributed by atoms with van der Waals surface area (Å²) in [6, 6.07) is 11.6. The quantitative estimate of drug-likeness (QED) is 0.355. The number of carbonyl (C=O) groups excluding carboxylic acids is 1. The number of benzene rings is 2. The van der Waals surface area contributed by atoms with Crippen LogP contribution < -0.4 is 11.4 Å². The minimum Gasteiger partial charge on any atom is -0.469 e. The van der Waals surface area contributed by atoms with Gasteiger partial charge in [-0.05, 0) is 48.4 Å². The molecular formula is C21H19F3N4O3. The topological polar surface area (TPSA) is 103 Å². The highest BCUT2D eigenvalue weighted by atomic mass is 19.4. The van der Waals surface area contributed by atoms with Crippen LogP contribution in [0.2, 0.25) is 0 Å². The number of hydrogen-bond donors (Lipinski definition) is 2. The first kappa shape index (κ1) is 21.9. The third-order valence-corrected chi connectivity index (χ3v) is 4.68. The molecule has 0 aliphatic heterocycles. The van der Waals surface area contributed by atoms with Crippen molar-refractivity contribution in [2.75, 3.05) is 7.11 Å². The lowest BCUT2D eigenvalue weighted by molar-refractivity contribution is -0.142. The zero-order chi connectivity index (χ0) is 22.8. The van der Waals surface area contributed by atoms with E-state index < -0.39 is 17.6 Å². The molecular weight excluding hydrogens is 413 g/mol. The number of methoxy groups -OCH3 is 1. The molecule has 0 saturated carbocycles. The molecule has 0 spiro atoms. The summed E-state index contributed by atoms with van der Waals surface area (Å²) in [5.41, 5.74) is 4.69. The zero-order valence-corrected chi connectivity index (χ0v) is 16.4. The average Bonchev–Trinajstić information content (AvgIpc) is 3.10. The molecule has 0 bridgehead atoms. The van der Waals surface area contributed by atoms with Gasteiger partial charge in [-0.2, -0.15) is 13.2 Å². The molecule has 3 N–H and O–H groups in total. The molecule has 162 valence electrons. The highest BCUT2D eigenvalue weighted by molar-refractivity contribution is 5.95. The number of nitrogen functional groups attached to an aromatic ring is 1. The molecule has 3 aromatic rings. The van der Waals surface area contributed by atoms with Crippen molar-refractivity contribution in [1.82, 2.24) is 9.13 Å². The predicted octanol–water partition coefficient (Wildman–Crippen LogP) is 3.04. The van der Waals surface area contributed by atoms with Crippen LogP contribution >= 0.6 is 0 Å². The summed E-state index contributed by atoms with van der Waals surface area (Å²) in [7, 11) is 1.29. The van der Waals surface area contributed by atoms with E-state index in [0.29, 0.717) is 16.6 Å². The van der Waals surface area contributed by atoms with E-state index in [9.17, 15) is 22.8 Å². The fourth-order valence-corrected chi connectivity index (χ4v) is 3.04. The van der Waals surface area contributed by atoms with Gasteiger partial charge < -0.3 is 10.5 Å². The number of aromatic nitrogens is 2. The summed E-state index contributed by atoms with van der Waals surface area (Å²) >= 11 is 0. The number of carbonyl (C=O) groups is 1. The van der Waals surface area contributed by atoms with Crippen molar-refractivity contribution < 1.29 is 22.7 Å². The van der Waals surface area contributed by atoms with Gasteiger partial charge >= 0.3 is 17.8 Å². The first-order valence-corrected chi connectivity index (χ1v) is 9.14. The maximum atomic E-state index is 13.7. The Morgan fingerprint density at radius 3 is 2.16 bits per heavy atom. The molecule has 3 rings (SSSR count). The van der Waals surface area contributed by atoms with Crippen LogP contribution in [0.4, 0.5) is 13.2 Å². The Balaban J connectivity index is 2.02. The van der Waals surface area contributed by atoms with Gasteiger partial charge in [0.05, 0.1) is 18.5 Å². The summed E-state index contributed by atoms with van der Waals surface area (Å²) in [6.45, 7) is 0. The van der Waals surface area contributed by atoms with E-state index in [0.717, 1.165) is 16.3 Å². The van der Waals surface area contributed by atoms with E-state index in [-0.39, 0.29) is 29.6 Å². The second kappa shape index (κ2) is 8.50. The molecule has 10 heteroatoms. The van der Waals surface area contributed by atoms with Gasteiger partial charge in [-0.1, -0.05) is 12.1 Å². The van der Waals surface area contributed by atoms with E-state index in [1.54, 1.807) is 12.1 Å². The Hall–Kier alpha value is -3.82. The molecule has 1 heterocycles. The Kier molecular flexibility index (Phi) is 6.00. The van der Waals surface area contributed by atoms with Crippen molar-refractivity contribution >= 4 is 11.8 Å². The van der Waals surface area contributed by atoms with E-state index in [1.807, 2.05) is 0 Å². The van der Waals surface area contributed by atoms with Gasteiger partial charge in [0.25, 0.3) is 0 Å². The number of ether oxygens (including phenoxy) is 1.